The second kappa shape index (κ2) is 10.3. The minimum absolute atomic E-state index is 0.121. The molecule has 2 aliphatic heterocycles. The van der Waals surface area contributed by atoms with Gasteiger partial charge in [0.15, 0.2) is 0 Å². The van der Waals surface area contributed by atoms with Crippen LogP contribution in [0.5, 0.6) is 0 Å². The van der Waals surface area contributed by atoms with E-state index in [0.717, 1.165) is 48.6 Å². The largest absolute Gasteiger partial charge is 0.369 e. The lowest BCUT2D eigenvalue weighted by molar-refractivity contribution is 0.313. The molecule has 39 heavy (non-hydrogen) atoms. The molecule has 2 aromatic carbocycles. The number of piperazine rings is 1. The van der Waals surface area contributed by atoms with Crippen LogP contribution in [0.3, 0.4) is 0 Å². The lowest BCUT2D eigenvalue weighted by Crippen LogP contribution is -2.44. The van der Waals surface area contributed by atoms with Crippen molar-refractivity contribution in [1.29, 1.82) is 0 Å². The van der Waals surface area contributed by atoms with Crippen molar-refractivity contribution in [3.05, 3.63) is 73.2 Å². The number of aromatic nitrogens is 3. The van der Waals surface area contributed by atoms with Gasteiger partial charge in [0.05, 0.1) is 17.6 Å². The first-order valence-electron chi connectivity index (χ1n) is 13.2. The summed E-state index contributed by atoms with van der Waals surface area (Å²) in [6.07, 6.45) is 5.56. The molecule has 6 rings (SSSR count). The third-order valence-electron chi connectivity index (χ3n) is 7.28. The predicted molar refractivity (Wildman–Crippen MR) is 155 cm³/mol. The Balaban J connectivity index is 1.33. The van der Waals surface area contributed by atoms with Gasteiger partial charge in [0, 0.05) is 62.1 Å². The van der Waals surface area contributed by atoms with Crippen molar-refractivity contribution >= 4 is 33.0 Å². The van der Waals surface area contributed by atoms with Gasteiger partial charge in [-0.3, -0.25) is 9.29 Å². The van der Waals surface area contributed by atoms with Gasteiger partial charge in [0.1, 0.15) is 4.90 Å². The SMILES string of the molecule is CCCN1c2cc(-c3ccncc3)ccc2-c2nc(Nc3ccc(N4CCN(C)CC4)cc3)ncc2S1(=O)=O. The minimum atomic E-state index is -3.81. The highest BCUT2D eigenvalue weighted by Gasteiger charge is 2.36. The van der Waals surface area contributed by atoms with E-state index in [4.69, 9.17) is 4.98 Å². The Morgan fingerprint density at radius 2 is 1.67 bits per heavy atom. The van der Waals surface area contributed by atoms with Crippen molar-refractivity contribution in [1.82, 2.24) is 19.9 Å². The van der Waals surface area contributed by atoms with Gasteiger partial charge >= 0.3 is 0 Å². The number of anilines is 4. The Morgan fingerprint density at radius 3 is 2.38 bits per heavy atom. The maximum Gasteiger partial charge on any atom is 0.268 e. The zero-order valence-corrected chi connectivity index (χ0v) is 22.9. The fourth-order valence-corrected chi connectivity index (χ4v) is 6.77. The van der Waals surface area contributed by atoms with E-state index >= 15 is 0 Å². The topological polar surface area (TPSA) is 94.6 Å². The molecule has 0 radical (unpaired) electrons. The molecule has 0 aliphatic carbocycles. The van der Waals surface area contributed by atoms with E-state index in [1.54, 1.807) is 12.4 Å². The molecule has 10 heteroatoms. The third-order valence-corrected chi connectivity index (χ3v) is 9.09. The lowest BCUT2D eigenvalue weighted by Gasteiger charge is -2.34. The van der Waals surface area contributed by atoms with Crippen molar-refractivity contribution in [3.63, 3.8) is 0 Å². The van der Waals surface area contributed by atoms with Crippen LogP contribution in [-0.4, -0.2) is 68.0 Å². The number of fused-ring (bicyclic) bond motifs is 3. The number of sulfonamides is 1. The van der Waals surface area contributed by atoms with Crippen LogP contribution in [0, 0.1) is 0 Å². The van der Waals surface area contributed by atoms with Gasteiger partial charge < -0.3 is 15.1 Å². The van der Waals surface area contributed by atoms with Crippen molar-refractivity contribution in [3.8, 4) is 22.4 Å². The fraction of sp³-hybridized carbons (Fsp3) is 0.276. The first-order chi connectivity index (χ1) is 18.9. The third kappa shape index (κ3) is 4.81. The Hall–Kier alpha value is -4.02. The van der Waals surface area contributed by atoms with Crippen LogP contribution >= 0.6 is 0 Å². The summed E-state index contributed by atoms with van der Waals surface area (Å²) in [5, 5.41) is 3.26. The summed E-state index contributed by atoms with van der Waals surface area (Å²) in [6, 6.07) is 17.9. The van der Waals surface area contributed by atoms with Gasteiger partial charge in [-0.2, -0.15) is 0 Å². The van der Waals surface area contributed by atoms with E-state index in [1.165, 1.54) is 16.2 Å². The molecule has 1 saturated heterocycles. The Bertz CT molecular complexity index is 1590. The highest BCUT2D eigenvalue weighted by molar-refractivity contribution is 7.93. The molecule has 2 aromatic heterocycles. The number of pyridine rings is 1. The number of benzene rings is 2. The molecular weight excluding hydrogens is 510 g/mol. The molecule has 0 atom stereocenters. The number of nitrogens with zero attached hydrogens (tertiary/aromatic N) is 6. The number of nitrogens with one attached hydrogen (secondary N) is 1. The second-order valence-electron chi connectivity index (χ2n) is 9.91. The molecule has 9 nitrogen and oxygen atoms in total. The molecule has 1 N–H and O–H groups in total. The number of hydrogen-bond donors (Lipinski definition) is 1. The van der Waals surface area contributed by atoms with Crippen LogP contribution < -0.4 is 14.5 Å². The van der Waals surface area contributed by atoms with Gasteiger partial charge in [-0.25, -0.2) is 18.4 Å². The molecule has 200 valence electrons. The summed E-state index contributed by atoms with van der Waals surface area (Å²) in [5.41, 5.74) is 5.71. The van der Waals surface area contributed by atoms with Gasteiger partial charge in [-0.15, -0.1) is 0 Å². The van der Waals surface area contributed by atoms with Gasteiger partial charge in [-0.1, -0.05) is 19.1 Å². The van der Waals surface area contributed by atoms with E-state index in [-0.39, 0.29) is 4.90 Å². The van der Waals surface area contributed by atoms with Crippen LogP contribution in [-0.2, 0) is 10.0 Å². The highest BCUT2D eigenvalue weighted by Crippen LogP contribution is 2.44. The predicted octanol–water partition coefficient (Wildman–Crippen LogP) is 4.62. The molecule has 0 unspecified atom stereocenters. The smallest absolute Gasteiger partial charge is 0.268 e. The molecule has 2 aliphatic rings. The molecule has 4 heterocycles. The average Bonchev–Trinajstić information content (AvgIpc) is 2.96. The standard InChI is InChI=1S/C29H31N7O2S/c1-3-14-36-26-19-22(21-10-12-30-13-11-21)4-9-25(26)28-27(39(36,37)38)20-31-29(33-28)32-23-5-7-24(8-6-23)35-17-15-34(2)16-18-35/h4-13,19-20H,3,14-18H2,1-2H3,(H,31,32,33). The summed E-state index contributed by atoms with van der Waals surface area (Å²) in [4.78, 5) is 18.0. The summed E-state index contributed by atoms with van der Waals surface area (Å²) in [6.45, 7) is 6.44. The quantitative estimate of drug-likeness (QED) is 0.378. The summed E-state index contributed by atoms with van der Waals surface area (Å²) in [5.74, 6) is 0.351. The second-order valence-corrected chi connectivity index (χ2v) is 11.7. The maximum atomic E-state index is 13.7. The van der Waals surface area contributed by atoms with Crippen molar-refractivity contribution < 1.29 is 8.42 Å². The lowest BCUT2D eigenvalue weighted by atomic mass is 10.0. The summed E-state index contributed by atoms with van der Waals surface area (Å²) >= 11 is 0. The number of hydrogen-bond acceptors (Lipinski definition) is 8. The van der Waals surface area contributed by atoms with Crippen LogP contribution in [0.15, 0.2) is 78.1 Å². The van der Waals surface area contributed by atoms with Gasteiger partial charge in [-0.05, 0) is 67.1 Å². The Morgan fingerprint density at radius 1 is 0.923 bits per heavy atom. The molecule has 4 aromatic rings. The first-order valence-corrected chi connectivity index (χ1v) is 14.6. The molecule has 1 fully saturated rings. The molecule has 0 amide bonds. The maximum absolute atomic E-state index is 13.7. The Kier molecular flexibility index (Phi) is 6.66. The van der Waals surface area contributed by atoms with Gasteiger partial charge in [0.2, 0.25) is 5.95 Å². The fourth-order valence-electron chi connectivity index (χ4n) is 5.12. The van der Waals surface area contributed by atoms with E-state index in [0.29, 0.717) is 30.3 Å². The average molecular weight is 542 g/mol. The highest BCUT2D eigenvalue weighted by atomic mass is 32.2. The van der Waals surface area contributed by atoms with E-state index < -0.39 is 10.0 Å². The van der Waals surface area contributed by atoms with Crippen LogP contribution in [0.25, 0.3) is 22.4 Å². The monoisotopic (exact) mass is 541 g/mol. The Labute approximate surface area is 229 Å². The molecule has 0 saturated carbocycles. The van der Waals surface area contributed by atoms with E-state index in [2.05, 4.69) is 44.3 Å². The van der Waals surface area contributed by atoms with Crippen LogP contribution in [0.1, 0.15) is 13.3 Å². The van der Waals surface area contributed by atoms with Gasteiger partial charge in [0.25, 0.3) is 10.0 Å². The van der Waals surface area contributed by atoms with Crippen molar-refractivity contribution in [2.45, 2.75) is 18.2 Å². The zero-order valence-electron chi connectivity index (χ0n) is 22.1. The summed E-state index contributed by atoms with van der Waals surface area (Å²) < 4.78 is 28.9. The van der Waals surface area contributed by atoms with Crippen molar-refractivity contribution in [2.24, 2.45) is 0 Å². The van der Waals surface area contributed by atoms with E-state index in [9.17, 15) is 8.42 Å². The zero-order chi connectivity index (χ0) is 27.0. The first kappa shape index (κ1) is 25.3. The van der Waals surface area contributed by atoms with Crippen LogP contribution in [0.2, 0.25) is 0 Å². The van der Waals surface area contributed by atoms with Crippen molar-refractivity contribution in [2.75, 3.05) is 54.3 Å². The molecular formula is C29H31N7O2S. The number of rotatable bonds is 6. The number of likely N-dealkylation sites (N-methyl/N-ethyl adjacent to an activating group) is 1. The molecule has 0 spiro atoms. The summed E-state index contributed by atoms with van der Waals surface area (Å²) in [7, 11) is -1.66. The van der Waals surface area contributed by atoms with Crippen LogP contribution in [0.4, 0.5) is 23.0 Å². The minimum Gasteiger partial charge on any atom is -0.369 e. The molecule has 0 bridgehead atoms. The van der Waals surface area contributed by atoms with E-state index in [1.807, 2.05) is 49.4 Å². The normalized spacial score (nSPS) is 16.5.